The summed E-state index contributed by atoms with van der Waals surface area (Å²) >= 11 is 0. The summed E-state index contributed by atoms with van der Waals surface area (Å²) in [5.41, 5.74) is 4.61. The van der Waals surface area contributed by atoms with Gasteiger partial charge in [0.2, 0.25) is 5.91 Å². The summed E-state index contributed by atoms with van der Waals surface area (Å²) in [6.07, 6.45) is 0. The Morgan fingerprint density at radius 2 is 1.65 bits per heavy atom. The van der Waals surface area contributed by atoms with Gasteiger partial charge in [-0.3, -0.25) is 9.59 Å². The minimum Gasteiger partial charge on any atom is -0.375 e. The number of hydrogen-bond acceptors (Lipinski definition) is 3. The molecule has 0 bridgehead atoms. The summed E-state index contributed by atoms with van der Waals surface area (Å²) in [6.45, 7) is 7.39. The van der Waals surface area contributed by atoms with Gasteiger partial charge in [0.25, 0.3) is 0 Å². The van der Waals surface area contributed by atoms with Crippen LogP contribution in [-0.4, -0.2) is 17.7 Å². The van der Waals surface area contributed by atoms with Crippen LogP contribution < -0.4 is 10.6 Å². The molecule has 0 heterocycles. The molecule has 0 radical (unpaired) electrons. The van der Waals surface area contributed by atoms with Crippen molar-refractivity contribution >= 4 is 23.1 Å². The van der Waals surface area contributed by atoms with Crippen molar-refractivity contribution in [2.75, 3.05) is 10.6 Å². The van der Waals surface area contributed by atoms with Crippen LogP contribution in [0.3, 0.4) is 0 Å². The minimum absolute atomic E-state index is 0.0141. The molecule has 0 fully saturated rings. The molecule has 0 unspecified atom stereocenters. The minimum atomic E-state index is -0.331. The van der Waals surface area contributed by atoms with E-state index in [2.05, 4.69) is 10.6 Å². The summed E-state index contributed by atoms with van der Waals surface area (Å²) in [6, 6.07) is 12.6. The number of Topliss-reactive ketones (excluding diaryl/α,β-unsaturated/α-hetero) is 1. The number of carbonyl (C=O) groups excluding carboxylic acids is 2. The first kappa shape index (κ1) is 16.7. The predicted molar refractivity (Wildman–Crippen MR) is 94.1 cm³/mol. The summed E-state index contributed by atoms with van der Waals surface area (Å²) in [5, 5.41) is 5.96. The highest BCUT2D eigenvalue weighted by Crippen LogP contribution is 2.20. The fourth-order valence-corrected chi connectivity index (χ4v) is 2.38. The monoisotopic (exact) mass is 310 g/mol. The second-order valence-electron chi connectivity index (χ2n) is 5.74. The topological polar surface area (TPSA) is 58.2 Å². The van der Waals surface area contributed by atoms with Crippen LogP contribution in [0.2, 0.25) is 0 Å². The fraction of sp³-hybridized carbons (Fsp3) is 0.263. The Morgan fingerprint density at radius 1 is 1.00 bits per heavy atom. The lowest BCUT2D eigenvalue weighted by molar-refractivity contribution is -0.114. The van der Waals surface area contributed by atoms with E-state index in [9.17, 15) is 9.59 Å². The van der Waals surface area contributed by atoms with E-state index in [0.29, 0.717) is 11.3 Å². The molecule has 120 valence electrons. The van der Waals surface area contributed by atoms with Gasteiger partial charge in [-0.2, -0.15) is 0 Å². The van der Waals surface area contributed by atoms with Gasteiger partial charge in [-0.25, -0.2) is 0 Å². The smallest absolute Gasteiger partial charge is 0.221 e. The van der Waals surface area contributed by atoms with Crippen molar-refractivity contribution in [1.82, 2.24) is 0 Å². The number of rotatable bonds is 5. The maximum absolute atomic E-state index is 12.5. The van der Waals surface area contributed by atoms with E-state index in [1.807, 2.05) is 39.0 Å². The zero-order valence-corrected chi connectivity index (χ0v) is 13.9. The number of anilines is 2. The third-order valence-electron chi connectivity index (χ3n) is 3.86. The molecule has 0 aromatic heterocycles. The van der Waals surface area contributed by atoms with Crippen LogP contribution in [0.25, 0.3) is 0 Å². The van der Waals surface area contributed by atoms with Crippen molar-refractivity contribution in [3.8, 4) is 0 Å². The van der Waals surface area contributed by atoms with Crippen molar-refractivity contribution in [2.24, 2.45) is 0 Å². The van der Waals surface area contributed by atoms with E-state index in [0.717, 1.165) is 11.3 Å². The molecule has 0 aliphatic carbocycles. The van der Waals surface area contributed by atoms with Gasteiger partial charge in [-0.05, 0) is 62.2 Å². The van der Waals surface area contributed by atoms with Gasteiger partial charge in [-0.15, -0.1) is 0 Å². The Hall–Kier alpha value is -2.62. The highest BCUT2D eigenvalue weighted by molar-refractivity contribution is 6.02. The quantitative estimate of drug-likeness (QED) is 0.822. The van der Waals surface area contributed by atoms with Gasteiger partial charge < -0.3 is 10.6 Å². The summed E-state index contributed by atoms with van der Waals surface area (Å²) in [7, 11) is 0. The van der Waals surface area contributed by atoms with Crippen LogP contribution >= 0.6 is 0 Å². The molecule has 4 heteroatoms. The van der Waals surface area contributed by atoms with Gasteiger partial charge in [-0.1, -0.05) is 12.1 Å². The largest absolute Gasteiger partial charge is 0.375 e. The number of ketones is 1. The zero-order valence-electron chi connectivity index (χ0n) is 13.9. The molecule has 0 saturated carbocycles. The van der Waals surface area contributed by atoms with E-state index >= 15 is 0 Å². The van der Waals surface area contributed by atoms with E-state index in [1.54, 1.807) is 24.3 Å². The van der Waals surface area contributed by atoms with Crippen LogP contribution in [0.15, 0.2) is 42.5 Å². The number of hydrogen-bond donors (Lipinski definition) is 2. The number of carbonyl (C=O) groups is 2. The van der Waals surface area contributed by atoms with Crippen molar-refractivity contribution in [3.05, 3.63) is 59.2 Å². The Morgan fingerprint density at radius 3 is 2.26 bits per heavy atom. The standard InChI is InChI=1S/C19H22N2O2/c1-12-6-5-7-18(13(12)2)20-14(3)19(23)16-8-10-17(11-9-16)21-15(4)22/h5-11,14,20H,1-4H3,(H,21,22)/t14-/m0/s1. The maximum Gasteiger partial charge on any atom is 0.221 e. The summed E-state index contributed by atoms with van der Waals surface area (Å²) in [4.78, 5) is 23.5. The molecule has 1 atom stereocenters. The van der Waals surface area contributed by atoms with Crippen LogP contribution in [-0.2, 0) is 4.79 Å². The lowest BCUT2D eigenvalue weighted by Crippen LogP contribution is -2.26. The van der Waals surface area contributed by atoms with Crippen molar-refractivity contribution in [3.63, 3.8) is 0 Å². The summed E-state index contributed by atoms with van der Waals surface area (Å²) < 4.78 is 0. The van der Waals surface area contributed by atoms with Gasteiger partial charge in [0.1, 0.15) is 0 Å². The first-order chi connectivity index (χ1) is 10.9. The Kier molecular flexibility index (Phi) is 5.16. The molecular weight excluding hydrogens is 288 g/mol. The maximum atomic E-state index is 12.5. The van der Waals surface area contributed by atoms with E-state index < -0.39 is 0 Å². The number of nitrogens with one attached hydrogen (secondary N) is 2. The fourth-order valence-electron chi connectivity index (χ4n) is 2.38. The number of benzene rings is 2. The predicted octanol–water partition coefficient (Wildman–Crippen LogP) is 3.95. The Balaban J connectivity index is 2.10. The SMILES string of the molecule is CC(=O)Nc1ccc(C(=O)[C@H](C)Nc2cccc(C)c2C)cc1. The van der Waals surface area contributed by atoms with E-state index in [-0.39, 0.29) is 17.7 Å². The molecule has 0 aliphatic heterocycles. The first-order valence-electron chi connectivity index (χ1n) is 7.63. The molecule has 2 N–H and O–H groups in total. The van der Waals surface area contributed by atoms with Crippen LogP contribution in [0.1, 0.15) is 35.3 Å². The Labute approximate surface area is 136 Å². The van der Waals surface area contributed by atoms with Gasteiger partial charge in [0, 0.05) is 23.9 Å². The number of aryl methyl sites for hydroxylation is 1. The first-order valence-corrected chi connectivity index (χ1v) is 7.63. The molecule has 0 saturated heterocycles. The second-order valence-corrected chi connectivity index (χ2v) is 5.74. The summed E-state index contributed by atoms with van der Waals surface area (Å²) in [5.74, 6) is -0.116. The van der Waals surface area contributed by atoms with Gasteiger partial charge in [0.05, 0.1) is 6.04 Å². The normalized spacial score (nSPS) is 11.7. The molecular formula is C19H22N2O2. The average molecular weight is 310 g/mol. The van der Waals surface area contributed by atoms with Crippen LogP contribution in [0.5, 0.6) is 0 Å². The molecule has 2 aromatic rings. The highest BCUT2D eigenvalue weighted by Gasteiger charge is 2.16. The average Bonchev–Trinajstić information content (AvgIpc) is 2.51. The van der Waals surface area contributed by atoms with Crippen molar-refractivity contribution in [2.45, 2.75) is 33.7 Å². The second kappa shape index (κ2) is 7.09. The van der Waals surface area contributed by atoms with Crippen molar-refractivity contribution in [1.29, 1.82) is 0 Å². The van der Waals surface area contributed by atoms with Gasteiger partial charge >= 0.3 is 0 Å². The Bertz CT molecular complexity index is 721. The highest BCUT2D eigenvalue weighted by atomic mass is 16.1. The molecule has 23 heavy (non-hydrogen) atoms. The van der Waals surface area contributed by atoms with Gasteiger partial charge in [0.15, 0.2) is 5.78 Å². The third kappa shape index (κ3) is 4.19. The van der Waals surface area contributed by atoms with Crippen LogP contribution in [0, 0.1) is 13.8 Å². The molecule has 2 rings (SSSR count). The third-order valence-corrected chi connectivity index (χ3v) is 3.86. The lowest BCUT2D eigenvalue weighted by Gasteiger charge is -2.17. The molecule has 0 spiro atoms. The lowest BCUT2D eigenvalue weighted by atomic mass is 10.0. The van der Waals surface area contributed by atoms with E-state index in [1.165, 1.54) is 12.5 Å². The molecule has 2 aromatic carbocycles. The molecule has 4 nitrogen and oxygen atoms in total. The zero-order chi connectivity index (χ0) is 17.0. The molecule has 0 aliphatic rings. The number of amides is 1. The molecule has 1 amide bonds. The van der Waals surface area contributed by atoms with Crippen LogP contribution in [0.4, 0.5) is 11.4 Å². The van der Waals surface area contributed by atoms with Crippen molar-refractivity contribution < 1.29 is 9.59 Å². The van der Waals surface area contributed by atoms with E-state index in [4.69, 9.17) is 0 Å².